The van der Waals surface area contributed by atoms with Crippen LogP contribution in [0.2, 0.25) is 0 Å². The fourth-order valence-electron chi connectivity index (χ4n) is 0.183. The number of halogens is 1. The van der Waals surface area contributed by atoms with Crippen LogP contribution in [0.15, 0.2) is 0 Å². The molecule has 0 radical (unpaired) electrons. The summed E-state index contributed by atoms with van der Waals surface area (Å²) in [5.74, 6) is 0. The van der Waals surface area contributed by atoms with Gasteiger partial charge >= 0.3 is 7.82 Å². The lowest BCUT2D eigenvalue weighted by molar-refractivity contribution is -0.0469. The third-order valence-corrected chi connectivity index (χ3v) is 1.14. The van der Waals surface area contributed by atoms with E-state index in [9.17, 15) is 9.09 Å². The molecule has 0 amide bonds. The number of phosphoric ester groups is 1. The Bertz CT molecular complexity index is 104. The maximum absolute atomic E-state index is 10.8. The van der Waals surface area contributed by atoms with E-state index in [0.717, 1.165) is 0 Å². The Labute approximate surface area is 45.7 Å². The molecule has 0 heterocycles. The second-order valence-electron chi connectivity index (χ2n) is 0.955. The topological polar surface area (TPSA) is 55.8 Å². The van der Waals surface area contributed by atoms with Crippen molar-refractivity contribution in [2.45, 2.75) is 6.92 Å². The van der Waals surface area contributed by atoms with Crippen molar-refractivity contribution in [2.75, 3.05) is 6.61 Å². The number of rotatable bonds is 3. The minimum atomic E-state index is -4.34. The van der Waals surface area contributed by atoms with E-state index in [0.29, 0.717) is 0 Å². The molecule has 6 heteroatoms. The maximum atomic E-state index is 10.8. The molecule has 0 aliphatic carbocycles. The lowest BCUT2D eigenvalue weighted by atomic mass is 10.9. The molecule has 0 aromatic rings. The van der Waals surface area contributed by atoms with Crippen LogP contribution in [0.5, 0.6) is 0 Å². The van der Waals surface area contributed by atoms with Gasteiger partial charge in [-0.15, -0.1) is 0 Å². The Hall–Kier alpha value is 0.0400. The van der Waals surface area contributed by atoms with Crippen molar-refractivity contribution in [3.63, 3.8) is 0 Å². The van der Waals surface area contributed by atoms with Crippen LogP contribution in [-0.4, -0.2) is 11.5 Å². The predicted molar refractivity (Wildman–Crippen MR) is 23.6 cm³/mol. The lowest BCUT2D eigenvalue weighted by Crippen LogP contribution is -1.86. The van der Waals surface area contributed by atoms with Crippen LogP contribution in [-0.2, 0) is 13.8 Å². The summed E-state index contributed by atoms with van der Waals surface area (Å²) in [7, 11) is -4.34. The summed E-state index contributed by atoms with van der Waals surface area (Å²) >= 11 is 0. The minimum absolute atomic E-state index is 0.0578. The van der Waals surface area contributed by atoms with Crippen LogP contribution >= 0.6 is 7.82 Å². The second kappa shape index (κ2) is 3.14. The monoisotopic (exact) mass is 144 g/mol. The van der Waals surface area contributed by atoms with Gasteiger partial charge in [0.2, 0.25) is 0 Å². The fraction of sp³-hybridized carbons (Fsp3) is 1.00. The van der Waals surface area contributed by atoms with Gasteiger partial charge in [-0.05, 0) is 11.4 Å². The molecule has 0 aliphatic rings. The van der Waals surface area contributed by atoms with Gasteiger partial charge in [-0.3, -0.25) is 4.52 Å². The molecule has 1 N–H and O–H groups in total. The first-order valence-corrected chi connectivity index (χ1v) is 3.39. The Kier molecular flexibility index (Phi) is 3.16. The van der Waals surface area contributed by atoms with Crippen LogP contribution < -0.4 is 0 Å². The molecule has 8 heavy (non-hydrogen) atoms. The van der Waals surface area contributed by atoms with Gasteiger partial charge in [-0.1, -0.05) is 4.73 Å². The van der Waals surface area contributed by atoms with Gasteiger partial charge < -0.3 is 4.89 Å². The standard InChI is InChI=1S/C2H6FO4P/c1-2-6-8(4,5)7-3/h2H2,1H3,(H,4,5). The highest BCUT2D eigenvalue weighted by Gasteiger charge is 2.19. The minimum Gasteiger partial charge on any atom is -0.301 e. The number of hydrogen-bond donors (Lipinski definition) is 1. The molecule has 4 nitrogen and oxygen atoms in total. The summed E-state index contributed by atoms with van der Waals surface area (Å²) in [6.45, 7) is 1.39. The summed E-state index contributed by atoms with van der Waals surface area (Å²) in [6, 6.07) is 0. The first-order valence-electron chi connectivity index (χ1n) is 1.90. The second-order valence-corrected chi connectivity index (χ2v) is 2.29. The first kappa shape index (κ1) is 8.04. The van der Waals surface area contributed by atoms with E-state index in [4.69, 9.17) is 4.89 Å². The zero-order chi connectivity index (χ0) is 6.62. The van der Waals surface area contributed by atoms with Crippen molar-refractivity contribution in [1.82, 2.24) is 0 Å². The van der Waals surface area contributed by atoms with Crippen molar-refractivity contribution in [2.24, 2.45) is 0 Å². The first-order chi connectivity index (χ1) is 3.62. The van der Waals surface area contributed by atoms with E-state index < -0.39 is 7.82 Å². The molecule has 0 fully saturated rings. The largest absolute Gasteiger partial charge is 0.503 e. The predicted octanol–water partition coefficient (Wildman–Crippen LogP) is 1.02. The van der Waals surface area contributed by atoms with E-state index in [1.54, 1.807) is 0 Å². The molecule has 1 unspecified atom stereocenters. The van der Waals surface area contributed by atoms with Crippen LogP contribution in [0, 0.1) is 0 Å². The van der Waals surface area contributed by atoms with Crippen LogP contribution in [0.1, 0.15) is 6.92 Å². The SMILES string of the molecule is CCOP(=O)(O)OF. The molecule has 1 atom stereocenters. The van der Waals surface area contributed by atoms with Crippen molar-refractivity contribution < 1.29 is 23.2 Å². The van der Waals surface area contributed by atoms with Gasteiger partial charge in [-0.25, -0.2) is 4.57 Å². The fourth-order valence-corrected chi connectivity index (χ4v) is 0.549. The Morgan fingerprint density at radius 1 is 1.88 bits per heavy atom. The molecular weight excluding hydrogens is 138 g/mol. The van der Waals surface area contributed by atoms with E-state index in [2.05, 4.69) is 9.25 Å². The van der Waals surface area contributed by atoms with Crippen molar-refractivity contribution in [3.05, 3.63) is 0 Å². The normalized spacial score (nSPS) is 17.9. The van der Waals surface area contributed by atoms with Gasteiger partial charge in [0.05, 0.1) is 6.61 Å². The molecule has 0 bridgehead atoms. The van der Waals surface area contributed by atoms with Gasteiger partial charge in [-0.2, -0.15) is 0 Å². The quantitative estimate of drug-likeness (QED) is 0.601. The third kappa shape index (κ3) is 3.10. The van der Waals surface area contributed by atoms with Crippen LogP contribution in [0.3, 0.4) is 0 Å². The summed E-state index contributed by atoms with van der Waals surface area (Å²) in [5, 5.41) is 0. The molecule has 0 aromatic heterocycles. The molecule has 0 aliphatic heterocycles. The Morgan fingerprint density at radius 3 is 2.50 bits per heavy atom. The van der Waals surface area contributed by atoms with Crippen LogP contribution in [0.25, 0.3) is 0 Å². The summed E-state index contributed by atoms with van der Waals surface area (Å²) in [5.41, 5.74) is 0. The highest BCUT2D eigenvalue weighted by atomic mass is 31.2. The Morgan fingerprint density at radius 2 is 2.38 bits per heavy atom. The lowest BCUT2D eigenvalue weighted by Gasteiger charge is -2.00. The van der Waals surface area contributed by atoms with Gasteiger partial charge in [0.25, 0.3) is 0 Å². The van der Waals surface area contributed by atoms with E-state index in [1.807, 2.05) is 0 Å². The molecule has 0 saturated carbocycles. The van der Waals surface area contributed by atoms with Crippen molar-refractivity contribution in [1.29, 1.82) is 0 Å². The molecule has 0 aromatic carbocycles. The van der Waals surface area contributed by atoms with Gasteiger partial charge in [0.15, 0.2) is 0 Å². The van der Waals surface area contributed by atoms with E-state index >= 15 is 0 Å². The zero-order valence-corrected chi connectivity index (χ0v) is 5.10. The van der Waals surface area contributed by atoms with E-state index in [1.165, 1.54) is 6.92 Å². The number of hydrogen-bond acceptors (Lipinski definition) is 3. The molecule has 0 spiro atoms. The van der Waals surface area contributed by atoms with Gasteiger partial charge in [0, 0.05) is 0 Å². The summed E-state index contributed by atoms with van der Waals surface area (Å²) < 4.78 is 27.2. The average molecular weight is 144 g/mol. The third-order valence-electron chi connectivity index (χ3n) is 0.379. The molecule has 0 saturated heterocycles. The average Bonchev–Trinajstić information content (AvgIpc) is 1.67. The highest BCUT2D eigenvalue weighted by Crippen LogP contribution is 2.42. The Balaban J connectivity index is 3.55. The molecule has 0 rings (SSSR count). The number of phosphoric acid groups is 1. The van der Waals surface area contributed by atoms with Crippen molar-refractivity contribution in [3.8, 4) is 0 Å². The van der Waals surface area contributed by atoms with E-state index in [-0.39, 0.29) is 6.61 Å². The van der Waals surface area contributed by atoms with Crippen LogP contribution in [0.4, 0.5) is 4.53 Å². The maximum Gasteiger partial charge on any atom is 0.503 e. The van der Waals surface area contributed by atoms with Crippen molar-refractivity contribution >= 4 is 7.82 Å². The zero-order valence-electron chi connectivity index (χ0n) is 4.20. The molecule has 50 valence electrons. The summed E-state index contributed by atoms with van der Waals surface area (Å²) in [6.07, 6.45) is 0. The molecular formula is C2H6FO4P. The van der Waals surface area contributed by atoms with Gasteiger partial charge in [0.1, 0.15) is 0 Å². The highest BCUT2D eigenvalue weighted by molar-refractivity contribution is 7.47. The smallest absolute Gasteiger partial charge is 0.301 e. The summed E-state index contributed by atoms with van der Waals surface area (Å²) in [4.78, 5) is 8.06.